The number of nitrogens with zero attached hydrogens (tertiary/aromatic N) is 1. The highest BCUT2D eigenvalue weighted by atomic mass is 16.4. The van der Waals surface area contributed by atoms with Crippen LogP contribution in [0.1, 0.15) is 12.8 Å². The van der Waals surface area contributed by atoms with Crippen LogP contribution < -0.4 is 0 Å². The molecule has 3 unspecified atom stereocenters. The molecule has 2 N–H and O–H groups in total. The van der Waals surface area contributed by atoms with Crippen molar-refractivity contribution in [2.75, 3.05) is 19.6 Å². The van der Waals surface area contributed by atoms with Gasteiger partial charge in [-0.05, 0) is 25.3 Å². The Labute approximate surface area is 70.8 Å². The fraction of sp³-hybridized carbons (Fsp3) is 0.875. The predicted molar refractivity (Wildman–Crippen MR) is 41.7 cm³/mol. The van der Waals surface area contributed by atoms with Crippen LogP contribution in [0.15, 0.2) is 0 Å². The SMILES string of the molecule is O=C(O)C1(O)CC2CCN(C2)C1. The Morgan fingerprint density at radius 1 is 1.58 bits per heavy atom. The van der Waals surface area contributed by atoms with E-state index in [0.29, 0.717) is 18.9 Å². The van der Waals surface area contributed by atoms with E-state index in [1.807, 2.05) is 4.90 Å². The quantitative estimate of drug-likeness (QED) is 0.560. The van der Waals surface area contributed by atoms with Crippen LogP contribution in [-0.4, -0.2) is 46.3 Å². The number of hydrogen-bond donors (Lipinski definition) is 2. The van der Waals surface area contributed by atoms with Gasteiger partial charge in [-0.15, -0.1) is 0 Å². The predicted octanol–water partition coefficient (Wildman–Crippen LogP) is -0.472. The number of rotatable bonds is 1. The Morgan fingerprint density at radius 3 is 2.92 bits per heavy atom. The molecular weight excluding hydrogens is 158 g/mol. The van der Waals surface area contributed by atoms with E-state index in [1.54, 1.807) is 0 Å². The van der Waals surface area contributed by atoms with Gasteiger partial charge in [-0.2, -0.15) is 0 Å². The average Bonchev–Trinajstić information content (AvgIpc) is 2.30. The molecule has 3 atom stereocenters. The van der Waals surface area contributed by atoms with Crippen molar-refractivity contribution >= 4 is 5.97 Å². The zero-order valence-corrected chi connectivity index (χ0v) is 6.86. The third kappa shape index (κ3) is 1.11. The van der Waals surface area contributed by atoms with Crippen LogP contribution in [0.5, 0.6) is 0 Å². The molecule has 0 spiro atoms. The lowest BCUT2D eigenvalue weighted by Crippen LogP contribution is -2.52. The molecule has 2 aliphatic heterocycles. The topological polar surface area (TPSA) is 60.8 Å². The molecule has 0 aliphatic carbocycles. The summed E-state index contributed by atoms with van der Waals surface area (Å²) in [7, 11) is 0. The van der Waals surface area contributed by atoms with Crippen LogP contribution in [0.2, 0.25) is 0 Å². The Kier molecular flexibility index (Phi) is 1.63. The highest BCUT2D eigenvalue weighted by Crippen LogP contribution is 2.32. The summed E-state index contributed by atoms with van der Waals surface area (Å²) in [6.45, 7) is 2.22. The average molecular weight is 171 g/mol. The third-order valence-electron chi connectivity index (χ3n) is 2.88. The lowest BCUT2D eigenvalue weighted by atomic mass is 9.87. The zero-order chi connectivity index (χ0) is 8.77. The van der Waals surface area contributed by atoms with Gasteiger partial charge in [-0.25, -0.2) is 4.79 Å². The first kappa shape index (κ1) is 8.01. The fourth-order valence-corrected chi connectivity index (χ4v) is 2.29. The minimum absolute atomic E-state index is 0.304. The summed E-state index contributed by atoms with van der Waals surface area (Å²) in [6, 6.07) is 0. The second-order valence-electron chi connectivity index (χ2n) is 3.93. The number of carboxylic acids is 1. The lowest BCUT2D eigenvalue weighted by molar-refractivity contribution is -0.164. The fourth-order valence-electron chi connectivity index (χ4n) is 2.29. The minimum Gasteiger partial charge on any atom is -0.479 e. The summed E-state index contributed by atoms with van der Waals surface area (Å²) >= 11 is 0. The zero-order valence-electron chi connectivity index (χ0n) is 6.86. The van der Waals surface area contributed by atoms with Crippen LogP contribution >= 0.6 is 0 Å². The molecule has 2 bridgehead atoms. The van der Waals surface area contributed by atoms with E-state index >= 15 is 0 Å². The van der Waals surface area contributed by atoms with Gasteiger partial charge in [0.25, 0.3) is 0 Å². The molecule has 0 aromatic carbocycles. The van der Waals surface area contributed by atoms with Gasteiger partial charge >= 0.3 is 5.97 Å². The summed E-state index contributed by atoms with van der Waals surface area (Å²) in [5, 5.41) is 18.5. The van der Waals surface area contributed by atoms with Crippen molar-refractivity contribution in [1.82, 2.24) is 4.90 Å². The van der Waals surface area contributed by atoms with Crippen LogP contribution in [0.25, 0.3) is 0 Å². The number of piperidine rings is 1. The number of aliphatic carboxylic acids is 1. The summed E-state index contributed by atoms with van der Waals surface area (Å²) in [4.78, 5) is 12.7. The molecule has 2 heterocycles. The molecule has 2 rings (SSSR count). The molecular formula is C8H13NO3. The van der Waals surface area contributed by atoms with E-state index in [1.165, 1.54) is 0 Å². The van der Waals surface area contributed by atoms with Gasteiger partial charge in [-0.1, -0.05) is 0 Å². The van der Waals surface area contributed by atoms with Crippen molar-refractivity contribution in [3.8, 4) is 0 Å². The van der Waals surface area contributed by atoms with E-state index in [9.17, 15) is 9.90 Å². The van der Waals surface area contributed by atoms with Gasteiger partial charge in [0, 0.05) is 13.1 Å². The Balaban J connectivity index is 2.15. The largest absolute Gasteiger partial charge is 0.479 e. The van der Waals surface area contributed by atoms with Gasteiger partial charge in [-0.3, -0.25) is 4.90 Å². The lowest BCUT2D eigenvalue weighted by Gasteiger charge is -2.34. The highest BCUT2D eigenvalue weighted by molar-refractivity contribution is 5.77. The van der Waals surface area contributed by atoms with Gasteiger partial charge < -0.3 is 10.2 Å². The van der Waals surface area contributed by atoms with Crippen molar-refractivity contribution in [3.63, 3.8) is 0 Å². The monoisotopic (exact) mass is 171 g/mol. The smallest absolute Gasteiger partial charge is 0.337 e. The Bertz CT molecular complexity index is 204. The van der Waals surface area contributed by atoms with E-state index < -0.39 is 11.6 Å². The third-order valence-corrected chi connectivity index (χ3v) is 2.88. The molecule has 4 heteroatoms. The van der Waals surface area contributed by atoms with E-state index in [2.05, 4.69) is 0 Å². The van der Waals surface area contributed by atoms with Crippen LogP contribution in [0, 0.1) is 5.92 Å². The van der Waals surface area contributed by atoms with Gasteiger partial charge in [0.15, 0.2) is 5.60 Å². The van der Waals surface area contributed by atoms with Crippen LogP contribution in [-0.2, 0) is 4.79 Å². The van der Waals surface area contributed by atoms with Gasteiger partial charge in [0.05, 0.1) is 0 Å². The number of aliphatic hydroxyl groups is 1. The van der Waals surface area contributed by atoms with Gasteiger partial charge in [0.1, 0.15) is 0 Å². The number of carbonyl (C=O) groups is 1. The van der Waals surface area contributed by atoms with E-state index in [-0.39, 0.29) is 0 Å². The van der Waals surface area contributed by atoms with E-state index in [4.69, 9.17) is 5.11 Å². The van der Waals surface area contributed by atoms with Crippen molar-refractivity contribution in [2.24, 2.45) is 5.92 Å². The highest BCUT2D eigenvalue weighted by Gasteiger charge is 2.46. The van der Waals surface area contributed by atoms with Crippen molar-refractivity contribution in [2.45, 2.75) is 18.4 Å². The molecule has 0 aromatic rings. The number of carboxylic acid groups (broad SMARTS) is 1. The first-order chi connectivity index (χ1) is 5.60. The second kappa shape index (κ2) is 2.44. The standard InChI is InChI=1S/C8H13NO3/c10-7(11)8(12)3-6-1-2-9(4-6)5-8/h6,12H,1-5H2,(H,10,11). The molecule has 0 radical (unpaired) electrons. The molecule has 0 aromatic heterocycles. The van der Waals surface area contributed by atoms with Crippen molar-refractivity contribution in [1.29, 1.82) is 0 Å². The summed E-state index contributed by atoms with van der Waals surface area (Å²) in [6.07, 6.45) is 1.47. The normalized spacial score (nSPS) is 46.1. The Hall–Kier alpha value is -0.610. The molecule has 4 nitrogen and oxygen atoms in total. The minimum atomic E-state index is -1.47. The van der Waals surface area contributed by atoms with Crippen LogP contribution in [0.4, 0.5) is 0 Å². The molecule has 2 saturated heterocycles. The van der Waals surface area contributed by atoms with Crippen molar-refractivity contribution in [3.05, 3.63) is 0 Å². The maximum atomic E-state index is 10.7. The summed E-state index contributed by atoms with van der Waals surface area (Å²) in [5.74, 6) is -0.682. The molecule has 0 amide bonds. The maximum absolute atomic E-state index is 10.7. The number of fused-ring (bicyclic) bond motifs is 2. The Morgan fingerprint density at radius 2 is 2.33 bits per heavy atom. The molecule has 2 aliphatic rings. The first-order valence-corrected chi connectivity index (χ1v) is 4.28. The van der Waals surface area contributed by atoms with Gasteiger partial charge in [0.2, 0.25) is 0 Å². The second-order valence-corrected chi connectivity index (χ2v) is 3.93. The number of hydrogen-bond acceptors (Lipinski definition) is 3. The summed E-state index contributed by atoms with van der Waals surface area (Å²) in [5.41, 5.74) is -1.47. The molecule has 12 heavy (non-hydrogen) atoms. The maximum Gasteiger partial charge on any atom is 0.337 e. The molecule has 0 saturated carbocycles. The summed E-state index contributed by atoms with van der Waals surface area (Å²) < 4.78 is 0. The molecule has 68 valence electrons. The van der Waals surface area contributed by atoms with Crippen molar-refractivity contribution < 1.29 is 15.0 Å². The first-order valence-electron chi connectivity index (χ1n) is 4.28. The van der Waals surface area contributed by atoms with Crippen LogP contribution in [0.3, 0.4) is 0 Å². The molecule has 2 fully saturated rings. The van der Waals surface area contributed by atoms with E-state index in [0.717, 1.165) is 19.5 Å².